The van der Waals surface area contributed by atoms with Crippen molar-refractivity contribution >= 4 is 23.0 Å². The van der Waals surface area contributed by atoms with Crippen LogP contribution in [0, 0.1) is 0 Å². The van der Waals surface area contributed by atoms with E-state index in [9.17, 15) is 9.90 Å². The quantitative estimate of drug-likeness (QED) is 0.466. The first-order valence-electron chi connectivity index (χ1n) is 9.61. The first-order chi connectivity index (χ1) is 12.8. The smallest absolute Gasteiger partial charge is 0.275 e. The number of nitrogens with one attached hydrogen (secondary N) is 1. The van der Waals surface area contributed by atoms with Crippen LogP contribution in [0.1, 0.15) is 91.0 Å². The first kappa shape index (κ1) is 21.2. The topological polar surface area (TPSA) is 61.7 Å². The number of carbonyl (C=O) groups excluding carboxylic acids is 1. The van der Waals surface area contributed by atoms with E-state index in [0.29, 0.717) is 0 Å². The molecule has 2 N–H and O–H groups in total. The number of rotatable bonds is 7. The number of thiophene rings is 1. The van der Waals surface area contributed by atoms with Gasteiger partial charge in [0.05, 0.1) is 16.2 Å². The summed E-state index contributed by atoms with van der Waals surface area (Å²) >= 11 is 1.70. The minimum atomic E-state index is -0.380. The monoisotopic (exact) mass is 386 g/mol. The molecule has 0 aliphatic rings. The van der Waals surface area contributed by atoms with Gasteiger partial charge in [0.15, 0.2) is 0 Å². The summed E-state index contributed by atoms with van der Waals surface area (Å²) in [6.07, 6.45) is 1.71. The minimum Gasteiger partial charge on any atom is -0.507 e. The molecule has 0 fully saturated rings. The molecule has 1 aromatic carbocycles. The van der Waals surface area contributed by atoms with Gasteiger partial charge < -0.3 is 5.11 Å². The number of benzene rings is 1. The number of aryl methyl sites for hydroxylation is 1. The Bertz CT molecular complexity index is 835. The van der Waals surface area contributed by atoms with Gasteiger partial charge in [0.1, 0.15) is 5.75 Å². The van der Waals surface area contributed by atoms with E-state index in [1.165, 1.54) is 4.88 Å². The summed E-state index contributed by atoms with van der Waals surface area (Å²) < 4.78 is 0. The van der Waals surface area contributed by atoms with Crippen molar-refractivity contribution in [1.29, 1.82) is 0 Å². The Hall–Kier alpha value is -2.14. The van der Waals surface area contributed by atoms with Crippen LogP contribution in [0.25, 0.3) is 0 Å². The Morgan fingerprint density at radius 2 is 1.85 bits per heavy atom. The highest BCUT2D eigenvalue weighted by atomic mass is 32.1. The fourth-order valence-corrected chi connectivity index (χ4v) is 3.84. The largest absolute Gasteiger partial charge is 0.507 e. The van der Waals surface area contributed by atoms with Crippen molar-refractivity contribution in [1.82, 2.24) is 5.43 Å². The number of hydrogen-bond donors (Lipinski definition) is 2. The van der Waals surface area contributed by atoms with Crippen LogP contribution in [0.5, 0.6) is 5.75 Å². The van der Waals surface area contributed by atoms with Gasteiger partial charge in [0.25, 0.3) is 5.91 Å². The lowest BCUT2D eigenvalue weighted by Gasteiger charge is -2.16. The van der Waals surface area contributed by atoms with Gasteiger partial charge in [-0.25, -0.2) is 5.43 Å². The molecule has 0 bridgehead atoms. The van der Waals surface area contributed by atoms with Gasteiger partial charge in [0.2, 0.25) is 0 Å². The van der Waals surface area contributed by atoms with Gasteiger partial charge in [-0.1, -0.05) is 47.6 Å². The SMILES string of the molecule is CCC(=NNC(=O)c1cc(C(C)C)cc(C(C)C)c1O)c1ccc(CC)s1. The van der Waals surface area contributed by atoms with Crippen LogP contribution in [0.3, 0.4) is 0 Å². The molecule has 0 spiro atoms. The van der Waals surface area contributed by atoms with Crippen LogP contribution in [-0.4, -0.2) is 16.7 Å². The summed E-state index contributed by atoms with van der Waals surface area (Å²) in [7, 11) is 0. The molecule has 5 heteroatoms. The summed E-state index contributed by atoms with van der Waals surface area (Å²) in [6.45, 7) is 12.3. The Morgan fingerprint density at radius 1 is 1.15 bits per heavy atom. The van der Waals surface area contributed by atoms with Gasteiger partial charge in [-0.05, 0) is 54.0 Å². The zero-order valence-electron chi connectivity index (χ0n) is 17.1. The van der Waals surface area contributed by atoms with Crippen LogP contribution in [-0.2, 0) is 6.42 Å². The number of amides is 1. The molecule has 0 atom stereocenters. The highest BCUT2D eigenvalue weighted by molar-refractivity contribution is 7.14. The Labute approximate surface area is 166 Å². The Morgan fingerprint density at radius 3 is 2.37 bits per heavy atom. The van der Waals surface area contributed by atoms with E-state index in [4.69, 9.17) is 0 Å². The number of hydrazone groups is 1. The van der Waals surface area contributed by atoms with Crippen LogP contribution >= 0.6 is 11.3 Å². The molecule has 27 heavy (non-hydrogen) atoms. The first-order valence-corrected chi connectivity index (χ1v) is 10.4. The standard InChI is InChI=1S/C22H30N2O2S/c1-7-16-9-10-20(27-16)19(8-2)23-24-22(26)18-12-15(13(3)4)11-17(14(5)6)21(18)25/h9-14,25H,7-8H2,1-6H3,(H,24,26). The molecular formula is C22H30N2O2S. The molecule has 146 valence electrons. The summed E-state index contributed by atoms with van der Waals surface area (Å²) in [6, 6.07) is 7.90. The highest BCUT2D eigenvalue weighted by Crippen LogP contribution is 2.33. The lowest BCUT2D eigenvalue weighted by atomic mass is 9.92. The number of phenols is 1. The molecular weight excluding hydrogens is 356 g/mol. The lowest BCUT2D eigenvalue weighted by Crippen LogP contribution is -2.20. The molecule has 4 nitrogen and oxygen atoms in total. The van der Waals surface area contributed by atoms with Crippen molar-refractivity contribution in [3.05, 3.63) is 50.7 Å². The van der Waals surface area contributed by atoms with Crippen molar-refractivity contribution in [3.63, 3.8) is 0 Å². The number of aromatic hydroxyl groups is 1. The summed E-state index contributed by atoms with van der Waals surface area (Å²) in [4.78, 5) is 15.1. The van der Waals surface area contributed by atoms with Crippen molar-refractivity contribution in [3.8, 4) is 5.75 Å². The van der Waals surface area contributed by atoms with Crippen LogP contribution < -0.4 is 5.43 Å². The second-order valence-electron chi connectivity index (χ2n) is 7.29. The van der Waals surface area contributed by atoms with Crippen LogP contribution in [0.15, 0.2) is 29.4 Å². The molecule has 0 saturated carbocycles. The second-order valence-corrected chi connectivity index (χ2v) is 8.46. The molecule has 0 aliphatic heterocycles. The molecule has 0 saturated heterocycles. The highest BCUT2D eigenvalue weighted by Gasteiger charge is 2.19. The number of hydrogen-bond acceptors (Lipinski definition) is 4. The zero-order valence-corrected chi connectivity index (χ0v) is 17.9. The van der Waals surface area contributed by atoms with Gasteiger partial charge in [-0.15, -0.1) is 11.3 Å². The molecule has 1 amide bonds. The third-order valence-electron chi connectivity index (χ3n) is 4.62. The van der Waals surface area contributed by atoms with Gasteiger partial charge in [-0.2, -0.15) is 5.10 Å². The van der Waals surface area contributed by atoms with E-state index in [2.05, 4.69) is 37.4 Å². The van der Waals surface area contributed by atoms with Gasteiger partial charge in [0, 0.05) is 4.88 Å². The number of phenolic OH excluding ortho intramolecular Hbond substituents is 1. The van der Waals surface area contributed by atoms with Gasteiger partial charge >= 0.3 is 0 Å². The maximum atomic E-state index is 12.8. The minimum absolute atomic E-state index is 0.0459. The Kier molecular flexibility index (Phi) is 7.19. The number of carbonyl (C=O) groups is 1. The van der Waals surface area contributed by atoms with Crippen molar-refractivity contribution < 1.29 is 9.90 Å². The summed E-state index contributed by atoms with van der Waals surface area (Å²) in [5.41, 5.74) is 5.59. The lowest BCUT2D eigenvalue weighted by molar-refractivity contribution is 0.0952. The summed E-state index contributed by atoms with van der Waals surface area (Å²) in [5, 5.41) is 14.9. The fourth-order valence-electron chi connectivity index (χ4n) is 2.84. The number of nitrogens with zero attached hydrogens (tertiary/aromatic N) is 1. The van der Waals surface area contributed by atoms with Gasteiger partial charge in [-0.3, -0.25) is 4.79 Å². The predicted molar refractivity (Wildman–Crippen MR) is 114 cm³/mol. The maximum absolute atomic E-state index is 12.8. The molecule has 0 aliphatic carbocycles. The summed E-state index contributed by atoms with van der Waals surface area (Å²) in [5.74, 6) is 0.0612. The van der Waals surface area contributed by atoms with E-state index in [0.717, 1.165) is 34.6 Å². The normalized spacial score (nSPS) is 12.1. The second kappa shape index (κ2) is 9.18. The van der Waals surface area contributed by atoms with Crippen molar-refractivity contribution in [2.75, 3.05) is 0 Å². The van der Waals surface area contributed by atoms with E-state index in [-0.39, 0.29) is 29.1 Å². The third kappa shape index (κ3) is 4.98. The molecule has 1 aromatic heterocycles. The molecule has 2 rings (SSSR count). The Balaban J connectivity index is 2.33. The predicted octanol–water partition coefficient (Wildman–Crippen LogP) is 5.81. The molecule has 2 aromatic rings. The molecule has 0 unspecified atom stereocenters. The maximum Gasteiger partial charge on any atom is 0.275 e. The average molecular weight is 387 g/mol. The fraction of sp³-hybridized carbons (Fsp3) is 0.455. The van der Waals surface area contributed by atoms with Crippen LogP contribution in [0.4, 0.5) is 0 Å². The third-order valence-corrected chi connectivity index (χ3v) is 5.90. The van der Waals surface area contributed by atoms with Crippen LogP contribution in [0.2, 0.25) is 0 Å². The average Bonchev–Trinajstić information content (AvgIpc) is 3.10. The van der Waals surface area contributed by atoms with E-state index in [1.54, 1.807) is 17.4 Å². The van der Waals surface area contributed by atoms with E-state index < -0.39 is 0 Å². The van der Waals surface area contributed by atoms with E-state index in [1.807, 2.05) is 32.9 Å². The van der Waals surface area contributed by atoms with E-state index >= 15 is 0 Å². The van der Waals surface area contributed by atoms with Crippen molar-refractivity contribution in [2.24, 2.45) is 5.10 Å². The van der Waals surface area contributed by atoms with Crippen molar-refractivity contribution in [2.45, 2.75) is 66.2 Å². The molecule has 1 heterocycles. The zero-order chi connectivity index (χ0) is 20.1. The molecule has 0 radical (unpaired) electrons.